The van der Waals surface area contributed by atoms with Crippen molar-refractivity contribution in [1.29, 1.82) is 0 Å². The van der Waals surface area contributed by atoms with E-state index in [-0.39, 0.29) is 0 Å². The third-order valence-corrected chi connectivity index (χ3v) is 11.7. The van der Waals surface area contributed by atoms with E-state index in [2.05, 4.69) is 241 Å². The molecule has 10 rings (SSSR count). The van der Waals surface area contributed by atoms with Gasteiger partial charge in [-0.1, -0.05) is 176 Å². The molecule has 0 bridgehead atoms. The lowest BCUT2D eigenvalue weighted by molar-refractivity contribution is 0.708. The summed E-state index contributed by atoms with van der Waals surface area (Å²) in [5.41, 5.74) is 17.8. The maximum Gasteiger partial charge on any atom is 0.0720 e. The number of anilines is 6. The molecule has 0 radical (unpaired) electrons. The van der Waals surface area contributed by atoms with Crippen molar-refractivity contribution >= 4 is 39.7 Å². The van der Waals surface area contributed by atoms with E-state index in [1.807, 2.05) is 6.08 Å². The summed E-state index contributed by atoms with van der Waals surface area (Å²) in [6, 6.07) is 77.1. The molecule has 0 saturated heterocycles. The maximum atomic E-state index is 4.08. The Kier molecular flexibility index (Phi) is 9.01. The van der Waals surface area contributed by atoms with Crippen LogP contribution in [0.3, 0.4) is 0 Å². The topological polar surface area (TPSA) is 6.48 Å². The Hall–Kier alpha value is -7.42. The fourth-order valence-corrected chi connectivity index (χ4v) is 9.30. The predicted molar refractivity (Wildman–Crippen MR) is 244 cm³/mol. The lowest BCUT2D eigenvalue weighted by atomic mass is 9.63. The van der Waals surface area contributed by atoms with Crippen LogP contribution >= 0.6 is 0 Å². The molecule has 8 aromatic carbocycles. The molecule has 2 nitrogen and oxygen atoms in total. The van der Waals surface area contributed by atoms with Crippen molar-refractivity contribution in [3.05, 3.63) is 271 Å². The van der Waals surface area contributed by atoms with Crippen molar-refractivity contribution < 1.29 is 0 Å². The molecule has 2 aliphatic rings. The number of nitrogens with zero attached hydrogens (tertiary/aromatic N) is 2. The van der Waals surface area contributed by atoms with Gasteiger partial charge in [-0.15, -0.1) is 0 Å². The molecule has 0 unspecified atom stereocenters. The minimum Gasteiger partial charge on any atom is -0.311 e. The van der Waals surface area contributed by atoms with E-state index >= 15 is 0 Å². The van der Waals surface area contributed by atoms with E-state index in [9.17, 15) is 0 Å². The third kappa shape index (κ3) is 5.81. The molecule has 0 N–H and O–H groups in total. The molecule has 1 aliphatic heterocycles. The van der Waals surface area contributed by atoms with Crippen molar-refractivity contribution in [3.8, 4) is 11.1 Å². The molecule has 0 amide bonds. The van der Waals surface area contributed by atoms with Gasteiger partial charge in [0.2, 0.25) is 0 Å². The van der Waals surface area contributed by atoms with Gasteiger partial charge in [0, 0.05) is 22.7 Å². The highest BCUT2D eigenvalue weighted by Crippen LogP contribution is 2.63. The van der Waals surface area contributed by atoms with Crippen LogP contribution in [0.25, 0.3) is 16.7 Å². The molecule has 8 aromatic rings. The molecular formula is C56H42N2. The average molecular weight is 743 g/mol. The fraction of sp³-hybridized carbons (Fsp3) is 0.0357. The lowest BCUT2D eigenvalue weighted by Crippen LogP contribution is -2.37. The number of hydrogen-bond donors (Lipinski definition) is 0. The first kappa shape index (κ1) is 35.0. The Bertz CT molecular complexity index is 2750. The minimum atomic E-state index is -0.523. The van der Waals surface area contributed by atoms with E-state index in [1.54, 1.807) is 0 Å². The molecule has 1 spiro atoms. The molecule has 276 valence electrons. The zero-order chi connectivity index (χ0) is 38.9. The van der Waals surface area contributed by atoms with Gasteiger partial charge in [-0.05, 0) is 117 Å². The van der Waals surface area contributed by atoms with E-state index in [0.29, 0.717) is 0 Å². The highest BCUT2D eigenvalue weighted by Gasteiger charge is 2.52. The highest BCUT2D eigenvalue weighted by atomic mass is 15.2. The highest BCUT2D eigenvalue weighted by molar-refractivity contribution is 5.97. The van der Waals surface area contributed by atoms with Crippen molar-refractivity contribution in [2.24, 2.45) is 0 Å². The van der Waals surface area contributed by atoms with E-state index in [4.69, 9.17) is 0 Å². The molecule has 1 heterocycles. The van der Waals surface area contributed by atoms with Crippen molar-refractivity contribution in [2.75, 3.05) is 9.80 Å². The fourth-order valence-electron chi connectivity index (χ4n) is 9.30. The second-order valence-electron chi connectivity index (χ2n) is 14.9. The number of benzene rings is 8. The molecule has 0 fully saturated rings. The number of rotatable bonds is 9. The first-order valence-corrected chi connectivity index (χ1v) is 20.0. The van der Waals surface area contributed by atoms with Crippen molar-refractivity contribution in [2.45, 2.75) is 11.8 Å². The largest absolute Gasteiger partial charge is 0.311 e. The maximum absolute atomic E-state index is 4.08. The average Bonchev–Trinajstić information content (AvgIpc) is 3.56. The van der Waals surface area contributed by atoms with Crippen LogP contribution in [0.2, 0.25) is 0 Å². The van der Waals surface area contributed by atoms with Crippen molar-refractivity contribution in [1.82, 2.24) is 0 Å². The van der Waals surface area contributed by atoms with E-state index in [0.717, 1.165) is 29.2 Å². The second-order valence-corrected chi connectivity index (χ2v) is 14.9. The van der Waals surface area contributed by atoms with Gasteiger partial charge in [0.1, 0.15) is 0 Å². The molecule has 0 saturated carbocycles. The molecule has 0 aromatic heterocycles. The molecule has 58 heavy (non-hydrogen) atoms. The monoisotopic (exact) mass is 742 g/mol. The van der Waals surface area contributed by atoms with Gasteiger partial charge in [-0.25, -0.2) is 0 Å². The number of para-hydroxylation sites is 4. The van der Waals surface area contributed by atoms with Gasteiger partial charge in [0.25, 0.3) is 0 Å². The summed E-state index contributed by atoms with van der Waals surface area (Å²) in [4.78, 5) is 4.78. The van der Waals surface area contributed by atoms with Crippen LogP contribution in [0.5, 0.6) is 0 Å². The second kappa shape index (κ2) is 14.9. The third-order valence-electron chi connectivity index (χ3n) is 11.7. The van der Waals surface area contributed by atoms with Gasteiger partial charge in [-0.2, -0.15) is 0 Å². The van der Waals surface area contributed by atoms with Crippen LogP contribution in [0.4, 0.5) is 34.1 Å². The number of fused-ring (bicyclic) bond motifs is 6. The normalized spacial score (nSPS) is 13.6. The Morgan fingerprint density at radius 2 is 0.948 bits per heavy atom. The Morgan fingerprint density at radius 3 is 1.57 bits per heavy atom. The van der Waals surface area contributed by atoms with Gasteiger partial charge in [-0.3, -0.25) is 0 Å². The summed E-state index contributed by atoms with van der Waals surface area (Å²) in [5, 5.41) is 0. The van der Waals surface area contributed by atoms with Crippen LogP contribution in [0.1, 0.15) is 27.8 Å². The van der Waals surface area contributed by atoms with Gasteiger partial charge < -0.3 is 9.80 Å². The Balaban J connectivity index is 1.12. The SMILES string of the molecule is C=C/C=C\C1=C(Cc2ccc(N(c3ccccc3)c3ccc(-c4ccccc4)cc3)cc2)C2(c3ccccc31)c1ccccc1N(c1ccccc1)c1ccccc12. The van der Waals surface area contributed by atoms with Gasteiger partial charge >= 0.3 is 0 Å². The van der Waals surface area contributed by atoms with Gasteiger partial charge in [0.15, 0.2) is 0 Å². The summed E-state index contributed by atoms with van der Waals surface area (Å²) in [5.74, 6) is 0. The summed E-state index contributed by atoms with van der Waals surface area (Å²) < 4.78 is 0. The Labute approximate surface area is 341 Å². The van der Waals surface area contributed by atoms with Crippen molar-refractivity contribution in [3.63, 3.8) is 0 Å². The molecule has 1 aliphatic carbocycles. The summed E-state index contributed by atoms with van der Waals surface area (Å²) in [6.07, 6.45) is 7.01. The lowest BCUT2D eigenvalue weighted by Gasteiger charge is -2.46. The van der Waals surface area contributed by atoms with Crippen LogP contribution in [0, 0.1) is 0 Å². The van der Waals surface area contributed by atoms with Crippen LogP contribution < -0.4 is 9.80 Å². The van der Waals surface area contributed by atoms with E-state index in [1.165, 1.54) is 61.5 Å². The molecule has 0 atom stereocenters. The Morgan fingerprint density at radius 1 is 0.466 bits per heavy atom. The van der Waals surface area contributed by atoms with Gasteiger partial charge in [0.05, 0.1) is 16.8 Å². The molecular weight excluding hydrogens is 701 g/mol. The first-order valence-electron chi connectivity index (χ1n) is 20.0. The predicted octanol–water partition coefficient (Wildman–Crippen LogP) is 14.7. The summed E-state index contributed by atoms with van der Waals surface area (Å²) >= 11 is 0. The zero-order valence-corrected chi connectivity index (χ0v) is 32.2. The number of hydrogen-bond acceptors (Lipinski definition) is 2. The summed E-state index contributed by atoms with van der Waals surface area (Å²) in [7, 11) is 0. The smallest absolute Gasteiger partial charge is 0.0720 e. The zero-order valence-electron chi connectivity index (χ0n) is 32.2. The van der Waals surface area contributed by atoms with Crippen LogP contribution in [0.15, 0.2) is 243 Å². The first-order chi connectivity index (χ1) is 28.8. The quantitative estimate of drug-likeness (QED) is 0.136. The standard InChI is InChI=1S/C56H42N2/c1-2-3-25-49-48-26-13-14-27-50(48)56(51-28-15-17-30-54(51)58(45-23-11-6-12-24-45)55-31-18-16-29-52(55)56)53(49)40-41-32-36-46(37-33-41)57(44-21-9-5-10-22-44)47-38-34-43(35-39-47)42-19-7-4-8-20-42/h2-39H,1,40H2/b25-3-. The van der Waals surface area contributed by atoms with Crippen LogP contribution in [-0.2, 0) is 11.8 Å². The summed E-state index contributed by atoms with van der Waals surface area (Å²) in [6.45, 7) is 4.08. The van der Waals surface area contributed by atoms with Crippen LogP contribution in [-0.4, -0.2) is 0 Å². The number of allylic oxidation sites excluding steroid dienone is 5. The molecule has 2 heteroatoms. The van der Waals surface area contributed by atoms with E-state index < -0.39 is 5.41 Å². The minimum absolute atomic E-state index is 0.523.